The zero-order chi connectivity index (χ0) is 17.8. The van der Waals surface area contributed by atoms with Gasteiger partial charge in [0.25, 0.3) is 0 Å². The summed E-state index contributed by atoms with van der Waals surface area (Å²) in [4.78, 5) is 28.0. The number of ether oxygens (including phenoxy) is 2. The molecular formula is C20H19NO4. The van der Waals surface area contributed by atoms with Gasteiger partial charge in [-0.25, -0.2) is 4.79 Å². The van der Waals surface area contributed by atoms with Crippen LogP contribution in [0.25, 0.3) is 10.9 Å². The van der Waals surface area contributed by atoms with Crippen molar-refractivity contribution < 1.29 is 19.1 Å². The molecule has 1 atom stereocenters. The molecule has 0 aliphatic carbocycles. The lowest BCUT2D eigenvalue weighted by Gasteiger charge is -2.12. The summed E-state index contributed by atoms with van der Waals surface area (Å²) in [6, 6.07) is 14.5. The lowest BCUT2D eigenvalue weighted by molar-refractivity contribution is 0.0319. The van der Waals surface area contributed by atoms with Crippen LogP contribution in [0.2, 0.25) is 0 Å². The first-order valence-electron chi connectivity index (χ1n) is 7.99. The number of esters is 1. The molecule has 0 aliphatic rings. The van der Waals surface area contributed by atoms with Gasteiger partial charge in [0.2, 0.25) is 5.78 Å². The average molecular weight is 337 g/mol. The lowest BCUT2D eigenvalue weighted by atomic mass is 10.1. The summed E-state index contributed by atoms with van der Waals surface area (Å²) in [7, 11) is 1.59. The van der Waals surface area contributed by atoms with E-state index in [0.717, 1.165) is 16.5 Å². The van der Waals surface area contributed by atoms with Gasteiger partial charge in [0, 0.05) is 29.8 Å². The minimum atomic E-state index is -0.877. The summed E-state index contributed by atoms with van der Waals surface area (Å²) in [5.41, 5.74) is 2.65. The maximum absolute atomic E-state index is 12.6. The van der Waals surface area contributed by atoms with Gasteiger partial charge in [0.15, 0.2) is 6.10 Å². The number of rotatable bonds is 6. The smallest absolute Gasteiger partial charge is 0.338 e. The predicted octanol–water partition coefficient (Wildman–Crippen LogP) is 3.74. The van der Waals surface area contributed by atoms with Crippen LogP contribution in [-0.2, 0) is 16.1 Å². The van der Waals surface area contributed by atoms with Crippen molar-refractivity contribution in [2.75, 3.05) is 7.11 Å². The molecule has 25 heavy (non-hydrogen) atoms. The third-order valence-corrected chi connectivity index (χ3v) is 3.98. The van der Waals surface area contributed by atoms with E-state index in [4.69, 9.17) is 9.47 Å². The maximum Gasteiger partial charge on any atom is 0.338 e. The van der Waals surface area contributed by atoms with Crippen molar-refractivity contribution in [3.8, 4) is 0 Å². The Morgan fingerprint density at radius 3 is 2.72 bits per heavy atom. The van der Waals surface area contributed by atoms with Gasteiger partial charge in [-0.1, -0.05) is 30.3 Å². The molecule has 0 bridgehead atoms. The van der Waals surface area contributed by atoms with Crippen LogP contribution in [0.3, 0.4) is 0 Å². The molecule has 1 aromatic heterocycles. The Hall–Kier alpha value is -2.92. The topological polar surface area (TPSA) is 68.4 Å². The number of hydrogen-bond acceptors (Lipinski definition) is 4. The second-order valence-electron chi connectivity index (χ2n) is 5.79. The standard InChI is InChI=1S/C20H19NO4/c1-13(19(22)17-11-21-18-9-4-3-8-16(17)18)25-20(23)15-7-5-6-14(10-15)12-24-2/h3-11,13,21H,12H2,1-2H3/t13-/m0/s1. The third kappa shape index (κ3) is 3.61. The van der Waals surface area contributed by atoms with Gasteiger partial charge >= 0.3 is 5.97 Å². The van der Waals surface area contributed by atoms with Crippen molar-refractivity contribution >= 4 is 22.7 Å². The number of Topliss-reactive ketones (excluding diaryl/α,β-unsaturated/α-hetero) is 1. The number of carbonyl (C=O) groups excluding carboxylic acids is 2. The first-order chi connectivity index (χ1) is 12.1. The van der Waals surface area contributed by atoms with Crippen LogP contribution < -0.4 is 0 Å². The zero-order valence-electron chi connectivity index (χ0n) is 14.1. The molecule has 3 aromatic rings. The molecule has 5 nitrogen and oxygen atoms in total. The van der Waals surface area contributed by atoms with Crippen LogP contribution in [-0.4, -0.2) is 30.0 Å². The SMILES string of the molecule is COCc1cccc(C(=O)O[C@@H](C)C(=O)c2c[nH]c3ccccc23)c1. The molecule has 0 fully saturated rings. The van der Waals surface area contributed by atoms with Crippen LogP contribution in [0.1, 0.15) is 33.2 Å². The number of para-hydroxylation sites is 1. The Kier molecular flexibility index (Phi) is 4.95. The fourth-order valence-corrected chi connectivity index (χ4v) is 2.73. The second kappa shape index (κ2) is 7.32. The monoisotopic (exact) mass is 337 g/mol. The van der Waals surface area contributed by atoms with Gasteiger partial charge in [-0.05, 0) is 30.7 Å². The number of fused-ring (bicyclic) bond motifs is 1. The van der Waals surface area contributed by atoms with Gasteiger partial charge in [0.1, 0.15) is 0 Å². The molecule has 0 radical (unpaired) electrons. The minimum absolute atomic E-state index is 0.237. The zero-order valence-corrected chi connectivity index (χ0v) is 14.1. The van der Waals surface area contributed by atoms with Gasteiger partial charge in [-0.2, -0.15) is 0 Å². The van der Waals surface area contributed by atoms with Crippen LogP contribution >= 0.6 is 0 Å². The van der Waals surface area contributed by atoms with E-state index in [-0.39, 0.29) is 5.78 Å². The molecule has 0 amide bonds. The number of methoxy groups -OCH3 is 1. The molecule has 2 aromatic carbocycles. The number of aromatic nitrogens is 1. The predicted molar refractivity (Wildman–Crippen MR) is 94.7 cm³/mol. The third-order valence-electron chi connectivity index (χ3n) is 3.98. The normalized spacial score (nSPS) is 12.1. The molecule has 0 aliphatic heterocycles. The lowest BCUT2D eigenvalue weighted by Crippen LogP contribution is -2.24. The number of aromatic amines is 1. The highest BCUT2D eigenvalue weighted by Gasteiger charge is 2.22. The maximum atomic E-state index is 12.6. The number of carbonyl (C=O) groups is 2. The van der Waals surface area contributed by atoms with Crippen molar-refractivity contribution in [3.63, 3.8) is 0 Å². The molecule has 0 spiro atoms. The first-order valence-corrected chi connectivity index (χ1v) is 7.99. The summed E-state index contributed by atoms with van der Waals surface area (Å²) in [5.74, 6) is -0.766. The molecule has 128 valence electrons. The molecule has 3 rings (SSSR count). The van der Waals surface area contributed by atoms with Crippen molar-refractivity contribution in [3.05, 3.63) is 71.4 Å². The van der Waals surface area contributed by atoms with Gasteiger partial charge in [0.05, 0.1) is 12.2 Å². The Labute approximate surface area is 145 Å². The van der Waals surface area contributed by atoms with Crippen molar-refractivity contribution in [2.24, 2.45) is 0 Å². The van der Waals surface area contributed by atoms with Crippen molar-refractivity contribution in [1.29, 1.82) is 0 Å². The molecular weight excluding hydrogens is 318 g/mol. The number of H-pyrrole nitrogens is 1. The van der Waals surface area contributed by atoms with Crippen LogP contribution in [0.4, 0.5) is 0 Å². The Morgan fingerprint density at radius 2 is 1.92 bits per heavy atom. The van der Waals surface area contributed by atoms with E-state index in [1.165, 1.54) is 0 Å². The molecule has 1 heterocycles. The van der Waals surface area contributed by atoms with Crippen molar-refractivity contribution in [2.45, 2.75) is 19.6 Å². The highest BCUT2D eigenvalue weighted by atomic mass is 16.5. The first kappa shape index (κ1) is 16.9. The summed E-state index contributed by atoms with van der Waals surface area (Å²) >= 11 is 0. The van der Waals surface area contributed by atoms with E-state index in [1.807, 2.05) is 30.3 Å². The van der Waals surface area contributed by atoms with E-state index in [2.05, 4.69) is 4.98 Å². The number of benzene rings is 2. The highest BCUT2D eigenvalue weighted by Crippen LogP contribution is 2.20. The largest absolute Gasteiger partial charge is 0.451 e. The van der Waals surface area contributed by atoms with Crippen LogP contribution in [0.15, 0.2) is 54.7 Å². The van der Waals surface area contributed by atoms with E-state index < -0.39 is 12.1 Å². The summed E-state index contributed by atoms with van der Waals surface area (Å²) < 4.78 is 10.4. The Morgan fingerprint density at radius 1 is 1.12 bits per heavy atom. The number of ketones is 1. The number of hydrogen-bond donors (Lipinski definition) is 1. The van der Waals surface area contributed by atoms with Gasteiger partial charge in [-0.3, -0.25) is 4.79 Å². The minimum Gasteiger partial charge on any atom is -0.451 e. The van der Waals surface area contributed by atoms with E-state index in [9.17, 15) is 9.59 Å². The van der Waals surface area contributed by atoms with Gasteiger partial charge < -0.3 is 14.5 Å². The molecule has 1 N–H and O–H groups in total. The quantitative estimate of drug-likeness (QED) is 0.549. The van der Waals surface area contributed by atoms with E-state index >= 15 is 0 Å². The summed E-state index contributed by atoms with van der Waals surface area (Å²) in [5, 5.41) is 0.817. The molecule has 0 unspecified atom stereocenters. The fourth-order valence-electron chi connectivity index (χ4n) is 2.73. The van der Waals surface area contributed by atoms with Gasteiger partial charge in [-0.15, -0.1) is 0 Å². The van der Waals surface area contributed by atoms with E-state index in [0.29, 0.717) is 17.7 Å². The summed E-state index contributed by atoms with van der Waals surface area (Å²) in [6.07, 6.45) is 0.772. The molecule has 0 saturated carbocycles. The molecule has 0 saturated heterocycles. The fraction of sp³-hybridized carbons (Fsp3) is 0.200. The Bertz CT molecular complexity index is 913. The van der Waals surface area contributed by atoms with Crippen molar-refractivity contribution in [1.82, 2.24) is 4.98 Å². The summed E-state index contributed by atoms with van der Waals surface area (Å²) in [6.45, 7) is 1.99. The Balaban J connectivity index is 1.75. The molecule has 5 heteroatoms. The van der Waals surface area contributed by atoms with Crippen LogP contribution in [0, 0.1) is 0 Å². The highest BCUT2D eigenvalue weighted by molar-refractivity contribution is 6.10. The van der Waals surface area contributed by atoms with E-state index in [1.54, 1.807) is 38.4 Å². The van der Waals surface area contributed by atoms with Crippen LogP contribution in [0.5, 0.6) is 0 Å². The second-order valence-corrected chi connectivity index (χ2v) is 5.79. The number of nitrogens with one attached hydrogen (secondary N) is 1. The average Bonchev–Trinajstić information content (AvgIpc) is 3.05.